The number of hydrogen-bond donors (Lipinski definition) is 0. The average Bonchev–Trinajstić information content (AvgIpc) is 2.91. The van der Waals surface area contributed by atoms with Gasteiger partial charge in [-0.15, -0.1) is 0 Å². The van der Waals surface area contributed by atoms with Gasteiger partial charge in [-0.3, -0.25) is 9.59 Å². The number of esters is 1. The number of likely N-dealkylation sites (tertiary alicyclic amines) is 1. The van der Waals surface area contributed by atoms with E-state index in [1.165, 1.54) is 19.3 Å². The summed E-state index contributed by atoms with van der Waals surface area (Å²) in [6, 6.07) is 0.408. The number of carbonyl (C=O) groups excluding carboxylic acids is 2. The first-order chi connectivity index (χ1) is 13.1. The Balaban J connectivity index is 1.65. The number of rotatable bonds is 2. The third-order valence-corrected chi connectivity index (χ3v) is 9.71. The summed E-state index contributed by atoms with van der Waals surface area (Å²) < 4.78 is 6.01. The van der Waals surface area contributed by atoms with Gasteiger partial charge in [0.1, 0.15) is 6.10 Å². The average molecular weight is 390 g/mol. The maximum absolute atomic E-state index is 12.3. The fraction of sp³-hybridized carbons (Fsp3) is 0.917. The molecular weight excluding hydrogens is 350 g/mol. The second-order valence-corrected chi connectivity index (χ2v) is 11.2. The smallest absolute Gasteiger partial charge is 0.302 e. The van der Waals surface area contributed by atoms with Crippen molar-refractivity contribution in [3.63, 3.8) is 0 Å². The molecule has 28 heavy (non-hydrogen) atoms. The van der Waals surface area contributed by atoms with E-state index in [1.54, 1.807) is 6.92 Å². The Morgan fingerprint density at radius 2 is 1.82 bits per heavy atom. The zero-order valence-electron chi connectivity index (χ0n) is 18.7. The molecule has 0 bridgehead atoms. The number of amides is 1. The summed E-state index contributed by atoms with van der Waals surface area (Å²) in [5.41, 5.74) is 0.362. The minimum Gasteiger partial charge on any atom is -0.462 e. The van der Waals surface area contributed by atoms with Gasteiger partial charge in [0.25, 0.3) is 0 Å². The van der Waals surface area contributed by atoms with Crippen LogP contribution in [-0.4, -0.2) is 36.0 Å². The SMILES string of the molecule is CC(=O)O[C@H]1[C@@H](C(C)C)C[C@H]2[C@@H]3CC[C@H]4N(C)C(=O)CC[C@]4(C)[C@H]3CC[C@@]21C. The lowest BCUT2D eigenvalue weighted by Crippen LogP contribution is -2.61. The van der Waals surface area contributed by atoms with Crippen LogP contribution < -0.4 is 0 Å². The molecule has 1 saturated heterocycles. The lowest BCUT2D eigenvalue weighted by Gasteiger charge is -2.61. The van der Waals surface area contributed by atoms with Crippen molar-refractivity contribution in [1.82, 2.24) is 4.90 Å². The van der Waals surface area contributed by atoms with E-state index in [0.717, 1.165) is 19.3 Å². The second kappa shape index (κ2) is 6.74. The highest BCUT2D eigenvalue weighted by atomic mass is 16.5. The third kappa shape index (κ3) is 2.76. The Labute approximate surface area is 170 Å². The Hall–Kier alpha value is -1.06. The molecule has 3 aliphatic carbocycles. The topological polar surface area (TPSA) is 46.6 Å². The van der Waals surface area contributed by atoms with Gasteiger partial charge in [-0.05, 0) is 73.5 Å². The molecule has 0 unspecified atom stereocenters. The van der Waals surface area contributed by atoms with Gasteiger partial charge in [-0.25, -0.2) is 0 Å². The van der Waals surface area contributed by atoms with Crippen LogP contribution in [0.25, 0.3) is 0 Å². The monoisotopic (exact) mass is 389 g/mol. The van der Waals surface area contributed by atoms with Crippen LogP contribution in [0, 0.1) is 40.4 Å². The van der Waals surface area contributed by atoms with Crippen molar-refractivity contribution in [2.24, 2.45) is 40.4 Å². The number of piperidine rings is 1. The maximum atomic E-state index is 12.3. The molecule has 0 radical (unpaired) electrons. The van der Waals surface area contributed by atoms with E-state index >= 15 is 0 Å². The molecule has 4 aliphatic rings. The van der Waals surface area contributed by atoms with Crippen LogP contribution in [0.15, 0.2) is 0 Å². The van der Waals surface area contributed by atoms with Crippen LogP contribution in [0.1, 0.15) is 79.6 Å². The summed E-state index contributed by atoms with van der Waals surface area (Å²) in [5.74, 6) is 3.27. The predicted octanol–water partition coefficient (Wildman–Crippen LogP) is 4.66. The van der Waals surface area contributed by atoms with Gasteiger partial charge < -0.3 is 9.64 Å². The molecule has 158 valence electrons. The first-order valence-corrected chi connectivity index (χ1v) is 11.5. The Bertz CT molecular complexity index is 660. The molecule has 8 atom stereocenters. The van der Waals surface area contributed by atoms with Gasteiger partial charge in [0.2, 0.25) is 5.91 Å². The van der Waals surface area contributed by atoms with E-state index in [4.69, 9.17) is 4.74 Å². The highest BCUT2D eigenvalue weighted by molar-refractivity contribution is 5.77. The molecule has 0 aromatic heterocycles. The summed E-state index contributed by atoms with van der Waals surface area (Å²) in [5, 5.41) is 0. The van der Waals surface area contributed by atoms with Gasteiger partial charge in [0, 0.05) is 31.8 Å². The van der Waals surface area contributed by atoms with Gasteiger partial charge in [0.05, 0.1) is 0 Å². The minimum atomic E-state index is -0.122. The Morgan fingerprint density at radius 1 is 1.11 bits per heavy atom. The Kier molecular flexibility index (Phi) is 4.87. The first-order valence-electron chi connectivity index (χ1n) is 11.5. The normalized spacial score (nSPS) is 48.1. The quantitative estimate of drug-likeness (QED) is 0.645. The molecule has 4 rings (SSSR count). The molecule has 4 fully saturated rings. The van der Waals surface area contributed by atoms with Gasteiger partial charge in [0.15, 0.2) is 0 Å². The largest absolute Gasteiger partial charge is 0.462 e. The summed E-state index contributed by atoms with van der Waals surface area (Å²) in [7, 11) is 2.03. The third-order valence-electron chi connectivity index (χ3n) is 9.71. The van der Waals surface area contributed by atoms with Crippen LogP contribution >= 0.6 is 0 Å². The van der Waals surface area contributed by atoms with E-state index in [0.29, 0.717) is 48.0 Å². The number of ether oxygens (including phenoxy) is 1. The van der Waals surface area contributed by atoms with Crippen molar-refractivity contribution in [1.29, 1.82) is 0 Å². The lowest BCUT2D eigenvalue weighted by molar-refractivity contribution is -0.169. The fourth-order valence-electron chi connectivity index (χ4n) is 8.22. The Morgan fingerprint density at radius 3 is 2.46 bits per heavy atom. The van der Waals surface area contributed by atoms with Crippen LogP contribution in [0.3, 0.4) is 0 Å². The summed E-state index contributed by atoms with van der Waals surface area (Å²) in [6.07, 6.45) is 7.75. The zero-order valence-corrected chi connectivity index (χ0v) is 18.7. The molecule has 1 amide bonds. The van der Waals surface area contributed by atoms with E-state index in [9.17, 15) is 9.59 Å². The second-order valence-electron chi connectivity index (χ2n) is 11.2. The number of carbonyl (C=O) groups is 2. The minimum absolute atomic E-state index is 0.0667. The highest BCUT2D eigenvalue weighted by Crippen LogP contribution is 2.66. The van der Waals surface area contributed by atoms with Crippen molar-refractivity contribution in [3.05, 3.63) is 0 Å². The van der Waals surface area contributed by atoms with Gasteiger partial charge in [-0.2, -0.15) is 0 Å². The van der Waals surface area contributed by atoms with Crippen molar-refractivity contribution >= 4 is 11.9 Å². The predicted molar refractivity (Wildman–Crippen MR) is 109 cm³/mol. The maximum Gasteiger partial charge on any atom is 0.302 e. The lowest BCUT2D eigenvalue weighted by atomic mass is 9.47. The molecule has 3 saturated carbocycles. The molecule has 4 heteroatoms. The number of hydrogen-bond acceptors (Lipinski definition) is 3. The number of nitrogens with zero attached hydrogens (tertiary/aromatic N) is 1. The van der Waals surface area contributed by atoms with E-state index in [-0.39, 0.29) is 22.9 Å². The van der Waals surface area contributed by atoms with Crippen LogP contribution in [0.4, 0.5) is 0 Å². The fourth-order valence-corrected chi connectivity index (χ4v) is 8.22. The van der Waals surface area contributed by atoms with Crippen molar-refractivity contribution in [2.45, 2.75) is 91.7 Å². The molecule has 4 nitrogen and oxygen atoms in total. The zero-order chi connectivity index (χ0) is 20.4. The summed E-state index contributed by atoms with van der Waals surface area (Å²) >= 11 is 0. The number of fused-ring (bicyclic) bond motifs is 5. The summed E-state index contributed by atoms with van der Waals surface area (Å²) in [6.45, 7) is 11.0. The molecule has 1 aliphatic heterocycles. The van der Waals surface area contributed by atoms with Gasteiger partial charge in [-0.1, -0.05) is 27.7 Å². The summed E-state index contributed by atoms with van der Waals surface area (Å²) in [4.78, 5) is 26.3. The van der Waals surface area contributed by atoms with Crippen LogP contribution in [-0.2, 0) is 14.3 Å². The molecular formula is C24H39NO3. The van der Waals surface area contributed by atoms with Crippen LogP contribution in [0.5, 0.6) is 0 Å². The molecule has 0 aromatic rings. The molecule has 0 N–H and O–H groups in total. The van der Waals surface area contributed by atoms with Crippen molar-refractivity contribution in [3.8, 4) is 0 Å². The highest BCUT2D eigenvalue weighted by Gasteiger charge is 2.64. The van der Waals surface area contributed by atoms with Crippen molar-refractivity contribution in [2.75, 3.05) is 7.05 Å². The van der Waals surface area contributed by atoms with E-state index in [1.807, 2.05) is 7.05 Å². The van der Waals surface area contributed by atoms with Crippen LogP contribution in [0.2, 0.25) is 0 Å². The van der Waals surface area contributed by atoms with E-state index < -0.39 is 0 Å². The molecule has 1 heterocycles. The first kappa shape index (κ1) is 20.2. The standard InChI is InChI=1S/C24H39NO3/c1-14(2)17-13-19-16-7-8-20-23(4,12-10-21(27)25(20)6)18(16)9-11-24(19,5)22(17)28-15(3)26/h14,16-20,22H,7-13H2,1-6H3/t16-,17-,18+,19+,20-,22+,23-,24+/m1/s1. The van der Waals surface area contributed by atoms with E-state index in [2.05, 4.69) is 32.6 Å². The molecule has 0 spiro atoms. The molecule has 0 aromatic carbocycles. The van der Waals surface area contributed by atoms with Gasteiger partial charge >= 0.3 is 5.97 Å². The van der Waals surface area contributed by atoms with Crippen molar-refractivity contribution < 1.29 is 14.3 Å².